The maximum absolute atomic E-state index is 12.0. The van der Waals surface area contributed by atoms with Gasteiger partial charge >= 0.3 is 11.9 Å². The highest BCUT2D eigenvalue weighted by Crippen LogP contribution is 2.30. The van der Waals surface area contributed by atoms with Gasteiger partial charge in [0.2, 0.25) is 6.29 Å². The first-order valence-electron chi connectivity index (χ1n) is 11.4. The highest BCUT2D eigenvalue weighted by atomic mass is 16.7. The van der Waals surface area contributed by atoms with E-state index in [2.05, 4.69) is 5.10 Å². The van der Waals surface area contributed by atoms with E-state index < -0.39 is 42.6 Å². The molecule has 9 nitrogen and oxygen atoms in total. The molecule has 1 aliphatic rings. The predicted octanol–water partition coefficient (Wildman–Crippen LogP) is 2.92. The van der Waals surface area contributed by atoms with Crippen LogP contribution in [0.5, 0.6) is 0 Å². The largest absolute Gasteiger partial charge is 0.453 e. The number of hydrogen-bond acceptors (Lipinski definition) is 9. The summed E-state index contributed by atoms with van der Waals surface area (Å²) in [5.41, 5.74) is 1.87. The van der Waals surface area contributed by atoms with Crippen LogP contribution in [0.1, 0.15) is 25.0 Å². The van der Waals surface area contributed by atoms with Gasteiger partial charge in [0.1, 0.15) is 18.3 Å². The Hall–Kier alpha value is -3.27. The first-order valence-corrected chi connectivity index (χ1v) is 11.4. The second kappa shape index (κ2) is 13.0. The number of rotatable bonds is 10. The highest BCUT2D eigenvalue weighted by molar-refractivity contribution is 5.68. The van der Waals surface area contributed by atoms with E-state index in [0.29, 0.717) is 0 Å². The molecule has 3 rings (SSSR count). The molecule has 5 unspecified atom stereocenters. The zero-order valence-electron chi connectivity index (χ0n) is 20.4. The number of benzene rings is 2. The first kappa shape index (κ1) is 26.3. The van der Waals surface area contributed by atoms with Crippen LogP contribution in [0.15, 0.2) is 65.8 Å². The number of hydrogen-bond donors (Lipinski definition) is 0. The van der Waals surface area contributed by atoms with Gasteiger partial charge in [-0.05, 0) is 11.1 Å². The molecule has 1 heterocycles. The summed E-state index contributed by atoms with van der Waals surface area (Å²) in [5, 5.41) is 5.91. The van der Waals surface area contributed by atoms with E-state index in [0.717, 1.165) is 11.1 Å². The van der Waals surface area contributed by atoms with Crippen LogP contribution in [0.3, 0.4) is 0 Å². The number of esters is 2. The summed E-state index contributed by atoms with van der Waals surface area (Å²) in [7, 11) is 3.54. The smallest absolute Gasteiger partial charge is 0.305 e. The van der Waals surface area contributed by atoms with Gasteiger partial charge in [-0.15, -0.1) is 0 Å². The maximum Gasteiger partial charge on any atom is 0.305 e. The molecule has 9 heteroatoms. The van der Waals surface area contributed by atoms with Gasteiger partial charge in [-0.3, -0.25) is 9.59 Å². The quantitative estimate of drug-likeness (QED) is 0.289. The van der Waals surface area contributed by atoms with Gasteiger partial charge in [-0.25, -0.2) is 0 Å². The van der Waals surface area contributed by atoms with Crippen LogP contribution in [-0.2, 0) is 46.5 Å². The van der Waals surface area contributed by atoms with Gasteiger partial charge < -0.3 is 28.7 Å². The Labute approximate surface area is 205 Å². The second-order valence-electron chi connectivity index (χ2n) is 8.29. The zero-order chi connectivity index (χ0) is 25.2. The van der Waals surface area contributed by atoms with Crippen molar-refractivity contribution in [1.82, 2.24) is 5.01 Å². The fourth-order valence-electron chi connectivity index (χ4n) is 3.64. The lowest BCUT2D eigenvalue weighted by Gasteiger charge is -2.43. The third-order valence-electron chi connectivity index (χ3n) is 5.13. The van der Waals surface area contributed by atoms with Crippen molar-refractivity contribution in [3.63, 3.8) is 0 Å². The molecular weight excluding hydrogens is 452 g/mol. The van der Waals surface area contributed by atoms with Crippen molar-refractivity contribution in [2.45, 2.75) is 57.8 Å². The molecule has 1 fully saturated rings. The number of hydrazone groups is 1. The van der Waals surface area contributed by atoms with Crippen molar-refractivity contribution in [3.8, 4) is 0 Å². The fraction of sp³-hybridized carbons (Fsp3) is 0.423. The van der Waals surface area contributed by atoms with Gasteiger partial charge in [0.25, 0.3) is 0 Å². The molecule has 188 valence electrons. The SMILES string of the molecule is CC(=O)OC1OC(/C=N\N(C)C)C(OCc2ccccc2)C(OCc2ccccc2)C1OC(C)=O. The molecule has 0 aromatic heterocycles. The Kier molecular flexibility index (Phi) is 9.77. The molecule has 2 aromatic carbocycles. The molecule has 0 saturated carbocycles. The zero-order valence-corrected chi connectivity index (χ0v) is 20.4. The summed E-state index contributed by atoms with van der Waals surface area (Å²) in [6, 6.07) is 19.2. The van der Waals surface area contributed by atoms with Gasteiger partial charge in [-0.2, -0.15) is 5.10 Å². The normalized spacial score (nSPS) is 24.2. The van der Waals surface area contributed by atoms with Crippen LogP contribution in [0.25, 0.3) is 0 Å². The van der Waals surface area contributed by atoms with Gasteiger partial charge in [-0.1, -0.05) is 60.7 Å². The molecule has 0 amide bonds. The first-order chi connectivity index (χ1) is 16.8. The molecule has 5 atom stereocenters. The lowest BCUT2D eigenvalue weighted by atomic mass is 9.98. The van der Waals surface area contributed by atoms with Crippen molar-refractivity contribution >= 4 is 18.2 Å². The molecular formula is C26H32N2O7. The number of nitrogens with zero attached hydrogens (tertiary/aromatic N) is 2. The minimum Gasteiger partial charge on any atom is -0.453 e. The molecule has 0 spiro atoms. The summed E-state index contributed by atoms with van der Waals surface area (Å²) >= 11 is 0. The monoisotopic (exact) mass is 484 g/mol. The summed E-state index contributed by atoms with van der Waals surface area (Å²) < 4.78 is 29.6. The number of ether oxygens (including phenoxy) is 5. The Bertz CT molecular complexity index is 968. The lowest BCUT2D eigenvalue weighted by Crippen LogP contribution is -2.61. The van der Waals surface area contributed by atoms with E-state index in [1.165, 1.54) is 13.8 Å². The topological polar surface area (TPSA) is 95.9 Å². The minimum atomic E-state index is -1.20. The average molecular weight is 485 g/mol. The molecule has 0 aliphatic carbocycles. The van der Waals surface area contributed by atoms with Gasteiger partial charge in [0.15, 0.2) is 6.10 Å². The highest BCUT2D eigenvalue weighted by Gasteiger charge is 2.50. The Morgan fingerprint density at radius 2 is 1.34 bits per heavy atom. The predicted molar refractivity (Wildman–Crippen MR) is 128 cm³/mol. The summed E-state index contributed by atoms with van der Waals surface area (Å²) in [6.07, 6.45) is -2.98. The second-order valence-corrected chi connectivity index (χ2v) is 8.29. The maximum atomic E-state index is 12.0. The Morgan fingerprint density at radius 1 is 0.829 bits per heavy atom. The van der Waals surface area contributed by atoms with Crippen LogP contribution in [0, 0.1) is 0 Å². The van der Waals surface area contributed by atoms with Crippen molar-refractivity contribution in [2.75, 3.05) is 14.1 Å². The third kappa shape index (κ3) is 8.17. The molecule has 1 saturated heterocycles. The van der Waals surface area contributed by atoms with Gasteiger partial charge in [0.05, 0.1) is 19.4 Å². The average Bonchev–Trinajstić information content (AvgIpc) is 2.82. The molecule has 35 heavy (non-hydrogen) atoms. The summed E-state index contributed by atoms with van der Waals surface area (Å²) in [4.78, 5) is 23.8. The minimum absolute atomic E-state index is 0.221. The third-order valence-corrected chi connectivity index (χ3v) is 5.13. The molecule has 1 aliphatic heterocycles. The van der Waals surface area contributed by atoms with Crippen LogP contribution < -0.4 is 0 Å². The fourth-order valence-corrected chi connectivity index (χ4v) is 3.64. The Balaban J connectivity index is 1.95. The van der Waals surface area contributed by atoms with E-state index in [4.69, 9.17) is 23.7 Å². The molecule has 0 N–H and O–H groups in total. The van der Waals surface area contributed by atoms with Crippen molar-refractivity contribution < 1.29 is 33.3 Å². The standard InChI is InChI=1S/C26H32N2O7/c1-18(29)33-25-24(32-17-21-13-9-6-10-14-21)23(31-16-20-11-7-5-8-12-20)22(15-27-28(3)4)35-26(25)34-19(2)30/h5-15,22-26H,16-17H2,1-4H3/b27-15-. The van der Waals surface area contributed by atoms with Crippen molar-refractivity contribution in [1.29, 1.82) is 0 Å². The van der Waals surface area contributed by atoms with Crippen LogP contribution >= 0.6 is 0 Å². The van der Waals surface area contributed by atoms with E-state index in [1.54, 1.807) is 25.3 Å². The van der Waals surface area contributed by atoms with Crippen LogP contribution in [-0.4, -0.2) is 68.0 Å². The Morgan fingerprint density at radius 3 is 1.83 bits per heavy atom. The molecule has 0 bridgehead atoms. The van der Waals surface area contributed by atoms with E-state index >= 15 is 0 Å². The van der Waals surface area contributed by atoms with Gasteiger partial charge in [0, 0.05) is 27.9 Å². The molecule has 2 aromatic rings. The van der Waals surface area contributed by atoms with E-state index in [9.17, 15) is 9.59 Å². The van der Waals surface area contributed by atoms with E-state index in [1.807, 2.05) is 60.7 Å². The van der Waals surface area contributed by atoms with Crippen LogP contribution in [0.4, 0.5) is 0 Å². The number of carbonyl (C=O) groups is 2. The van der Waals surface area contributed by atoms with Crippen molar-refractivity contribution in [2.24, 2.45) is 5.10 Å². The summed E-state index contributed by atoms with van der Waals surface area (Å²) in [5.74, 6) is -1.15. The summed E-state index contributed by atoms with van der Waals surface area (Å²) in [6.45, 7) is 3.02. The van der Waals surface area contributed by atoms with Crippen LogP contribution in [0.2, 0.25) is 0 Å². The van der Waals surface area contributed by atoms with Crippen molar-refractivity contribution in [3.05, 3.63) is 71.8 Å². The molecule has 0 radical (unpaired) electrons. The lowest BCUT2D eigenvalue weighted by molar-refractivity contribution is -0.294. The number of carbonyl (C=O) groups excluding carboxylic acids is 2. The van der Waals surface area contributed by atoms with E-state index in [-0.39, 0.29) is 13.2 Å².